The van der Waals surface area contributed by atoms with E-state index in [1.165, 1.54) is 44.5 Å². The van der Waals surface area contributed by atoms with Crippen LogP contribution in [0.25, 0.3) is 33.5 Å². The fourth-order valence-electron chi connectivity index (χ4n) is 6.53. The van der Waals surface area contributed by atoms with Crippen molar-refractivity contribution in [1.29, 1.82) is 0 Å². The van der Waals surface area contributed by atoms with Gasteiger partial charge in [-0.3, -0.25) is 4.98 Å². The average Bonchev–Trinajstić information content (AvgIpc) is 3.37. The van der Waals surface area contributed by atoms with Crippen LogP contribution in [0.2, 0.25) is 0 Å². The van der Waals surface area contributed by atoms with Crippen molar-refractivity contribution >= 4 is 0 Å². The molecule has 5 aromatic carbocycles. The second-order valence-corrected chi connectivity index (χ2v) is 10.8. The van der Waals surface area contributed by atoms with E-state index in [0.29, 0.717) is 0 Å². The van der Waals surface area contributed by atoms with Crippen LogP contribution in [0.15, 0.2) is 170 Å². The number of rotatable bonds is 7. The zero-order valence-corrected chi connectivity index (χ0v) is 23.4. The fourth-order valence-corrected chi connectivity index (χ4v) is 6.53. The van der Waals surface area contributed by atoms with Gasteiger partial charge in [0.25, 0.3) is 0 Å². The van der Waals surface area contributed by atoms with Gasteiger partial charge in [0.1, 0.15) is 0 Å². The summed E-state index contributed by atoms with van der Waals surface area (Å²) in [6, 6.07) is 52.7. The molecule has 0 atom stereocenters. The third-order valence-corrected chi connectivity index (χ3v) is 8.36. The molecule has 0 aliphatic heterocycles. The Kier molecular flexibility index (Phi) is 6.70. The molecule has 1 aliphatic rings. The molecule has 7 rings (SSSR count). The lowest BCUT2D eigenvalue weighted by Crippen LogP contribution is -2.28. The van der Waals surface area contributed by atoms with Gasteiger partial charge in [-0.2, -0.15) is 0 Å². The molecule has 0 saturated heterocycles. The third kappa shape index (κ3) is 4.31. The molecular formula is C41H31N. The van der Waals surface area contributed by atoms with E-state index in [4.69, 9.17) is 4.98 Å². The Balaban J connectivity index is 1.39. The summed E-state index contributed by atoms with van der Waals surface area (Å²) in [7, 11) is 0. The SMILES string of the molecule is C=C/C=C\Cc1cc(-c2ccc(C3(c4ccccc4)c4ccccc4-c4ccccc43)cc2)cc(-c2ccccc2)n1. The molecule has 1 heteroatoms. The van der Waals surface area contributed by atoms with Crippen LogP contribution in [-0.2, 0) is 11.8 Å². The topological polar surface area (TPSA) is 12.9 Å². The summed E-state index contributed by atoms with van der Waals surface area (Å²) in [5.41, 5.74) is 12.9. The van der Waals surface area contributed by atoms with E-state index < -0.39 is 0 Å². The standard InChI is InChI=1S/C41H31N/c1-2-3-6-19-35-28-32(29-40(42-35)31-15-7-4-8-16-31)30-24-26-34(27-25-30)41(33-17-9-5-10-18-33)38-22-13-11-20-36(38)37-21-12-14-23-39(37)41/h2-18,20-29H,1,19H2/b6-3-. The summed E-state index contributed by atoms with van der Waals surface area (Å²) < 4.78 is 0. The maximum atomic E-state index is 5.00. The Labute approximate surface area is 248 Å². The van der Waals surface area contributed by atoms with E-state index in [2.05, 4.69) is 152 Å². The Morgan fingerprint density at radius 2 is 1.12 bits per heavy atom. The highest BCUT2D eigenvalue weighted by molar-refractivity contribution is 5.86. The second-order valence-electron chi connectivity index (χ2n) is 10.8. The molecule has 1 aromatic heterocycles. The van der Waals surface area contributed by atoms with Gasteiger partial charge in [-0.1, -0.05) is 158 Å². The molecule has 0 amide bonds. The number of pyridine rings is 1. The molecule has 200 valence electrons. The van der Waals surface area contributed by atoms with E-state index >= 15 is 0 Å². The van der Waals surface area contributed by atoms with Gasteiger partial charge >= 0.3 is 0 Å². The number of allylic oxidation sites excluding steroid dienone is 3. The van der Waals surface area contributed by atoms with Crippen LogP contribution in [0.5, 0.6) is 0 Å². The lowest BCUT2D eigenvalue weighted by Gasteiger charge is -2.34. The minimum absolute atomic E-state index is 0.388. The first kappa shape index (κ1) is 25.7. The van der Waals surface area contributed by atoms with Crippen LogP contribution >= 0.6 is 0 Å². The maximum absolute atomic E-state index is 5.00. The van der Waals surface area contributed by atoms with Crippen molar-refractivity contribution in [1.82, 2.24) is 4.98 Å². The van der Waals surface area contributed by atoms with Crippen LogP contribution < -0.4 is 0 Å². The first-order valence-electron chi connectivity index (χ1n) is 14.5. The van der Waals surface area contributed by atoms with Crippen LogP contribution in [0, 0.1) is 0 Å². The normalized spacial score (nSPS) is 13.0. The van der Waals surface area contributed by atoms with Crippen molar-refractivity contribution in [3.63, 3.8) is 0 Å². The molecule has 0 N–H and O–H groups in total. The first-order valence-corrected chi connectivity index (χ1v) is 14.5. The first-order chi connectivity index (χ1) is 20.8. The Morgan fingerprint density at radius 1 is 0.548 bits per heavy atom. The number of nitrogens with zero attached hydrogens (tertiary/aromatic N) is 1. The van der Waals surface area contributed by atoms with Gasteiger partial charge in [-0.15, -0.1) is 0 Å². The van der Waals surface area contributed by atoms with Gasteiger partial charge in [0, 0.05) is 17.7 Å². The summed E-state index contributed by atoms with van der Waals surface area (Å²) in [6.45, 7) is 3.81. The predicted octanol–water partition coefficient (Wildman–Crippen LogP) is 10.1. The van der Waals surface area contributed by atoms with E-state index in [9.17, 15) is 0 Å². The molecule has 0 bridgehead atoms. The molecule has 42 heavy (non-hydrogen) atoms. The summed E-state index contributed by atoms with van der Waals surface area (Å²) in [5, 5.41) is 0. The maximum Gasteiger partial charge on any atom is 0.0713 e. The van der Waals surface area contributed by atoms with Crippen molar-refractivity contribution < 1.29 is 0 Å². The second kappa shape index (κ2) is 11.0. The molecule has 1 heterocycles. The lowest BCUT2D eigenvalue weighted by atomic mass is 9.67. The number of hydrogen-bond donors (Lipinski definition) is 0. The third-order valence-electron chi connectivity index (χ3n) is 8.36. The lowest BCUT2D eigenvalue weighted by molar-refractivity contribution is 0.768. The molecule has 0 spiro atoms. The molecule has 6 aromatic rings. The highest BCUT2D eigenvalue weighted by Crippen LogP contribution is 2.56. The summed E-state index contributed by atoms with van der Waals surface area (Å²) in [6.07, 6.45) is 6.65. The minimum atomic E-state index is -0.388. The van der Waals surface area contributed by atoms with E-state index in [1.54, 1.807) is 0 Å². The number of fused-ring (bicyclic) bond motifs is 3. The van der Waals surface area contributed by atoms with E-state index in [-0.39, 0.29) is 5.41 Å². The summed E-state index contributed by atoms with van der Waals surface area (Å²) in [5.74, 6) is 0. The van der Waals surface area contributed by atoms with E-state index in [1.807, 2.05) is 18.2 Å². The summed E-state index contributed by atoms with van der Waals surface area (Å²) in [4.78, 5) is 5.00. The van der Waals surface area contributed by atoms with Gasteiger partial charge in [0.15, 0.2) is 0 Å². The van der Waals surface area contributed by atoms with Crippen molar-refractivity contribution in [2.24, 2.45) is 0 Å². The predicted molar refractivity (Wildman–Crippen MR) is 175 cm³/mol. The zero-order chi connectivity index (χ0) is 28.4. The molecule has 0 saturated carbocycles. The molecule has 1 aliphatic carbocycles. The zero-order valence-electron chi connectivity index (χ0n) is 23.4. The van der Waals surface area contributed by atoms with Gasteiger partial charge in [-0.05, 0) is 56.6 Å². The van der Waals surface area contributed by atoms with Crippen LogP contribution in [0.4, 0.5) is 0 Å². The van der Waals surface area contributed by atoms with Gasteiger partial charge in [0.2, 0.25) is 0 Å². The van der Waals surface area contributed by atoms with Gasteiger partial charge < -0.3 is 0 Å². The van der Waals surface area contributed by atoms with Crippen LogP contribution in [0.1, 0.15) is 27.9 Å². The highest BCUT2D eigenvalue weighted by Gasteiger charge is 2.45. The molecule has 0 unspecified atom stereocenters. The Bertz CT molecular complexity index is 1850. The molecule has 0 radical (unpaired) electrons. The van der Waals surface area contributed by atoms with Crippen LogP contribution in [-0.4, -0.2) is 4.98 Å². The van der Waals surface area contributed by atoms with Gasteiger partial charge in [-0.25, -0.2) is 0 Å². The average molecular weight is 538 g/mol. The molecular weight excluding hydrogens is 506 g/mol. The summed E-state index contributed by atoms with van der Waals surface area (Å²) >= 11 is 0. The quantitative estimate of drug-likeness (QED) is 0.184. The smallest absolute Gasteiger partial charge is 0.0713 e. The monoisotopic (exact) mass is 537 g/mol. The fraction of sp³-hybridized carbons (Fsp3) is 0.0488. The van der Waals surface area contributed by atoms with E-state index in [0.717, 1.165) is 23.4 Å². The van der Waals surface area contributed by atoms with Crippen molar-refractivity contribution in [2.45, 2.75) is 11.8 Å². The van der Waals surface area contributed by atoms with Crippen molar-refractivity contribution in [3.8, 4) is 33.5 Å². The number of aromatic nitrogens is 1. The van der Waals surface area contributed by atoms with Crippen molar-refractivity contribution in [3.05, 3.63) is 198 Å². The molecule has 1 nitrogen and oxygen atoms in total. The molecule has 0 fully saturated rings. The van der Waals surface area contributed by atoms with Crippen molar-refractivity contribution in [2.75, 3.05) is 0 Å². The van der Waals surface area contributed by atoms with Crippen LogP contribution in [0.3, 0.4) is 0 Å². The Hall–Kier alpha value is -5.27. The largest absolute Gasteiger partial charge is 0.252 e. The number of hydrogen-bond acceptors (Lipinski definition) is 1. The van der Waals surface area contributed by atoms with Gasteiger partial charge in [0.05, 0.1) is 11.1 Å². The number of benzene rings is 5. The Morgan fingerprint density at radius 3 is 1.76 bits per heavy atom. The minimum Gasteiger partial charge on any atom is -0.252 e. The highest BCUT2D eigenvalue weighted by atomic mass is 14.7.